The molecule has 11 heteroatoms. The third-order valence-electron chi connectivity index (χ3n) is 13.1. The summed E-state index contributed by atoms with van der Waals surface area (Å²) in [4.78, 5) is 34.1. The molecule has 0 radical (unpaired) electrons. The summed E-state index contributed by atoms with van der Waals surface area (Å²) in [7, 11) is -0.917. The molecule has 0 aromatic heterocycles. The molecule has 9 nitrogen and oxygen atoms in total. The molecule has 7 atom stereocenters. The van der Waals surface area contributed by atoms with Crippen molar-refractivity contribution in [2.24, 2.45) is 17.8 Å². The predicted octanol–water partition coefficient (Wildman–Crippen LogP) is 5.30. The largest absolute Gasteiger partial charge is 0.490 e. The number of rotatable bonds is 2. The van der Waals surface area contributed by atoms with Crippen LogP contribution in [0.5, 0.6) is 5.75 Å². The predicted molar refractivity (Wildman–Crippen MR) is 205 cm³/mol. The molecule has 1 unspecified atom stereocenters. The zero-order valence-corrected chi connectivity index (χ0v) is 32.1. The van der Waals surface area contributed by atoms with Crippen LogP contribution in [0.2, 0.25) is 5.02 Å². The SMILES string of the molecule is C=S1(=O)NC(=O)c2ccc3c(c2)N(C[C@@H]2CC[C@H]2[C@@](O)(CC(=O)N2CCN(C)CC2)CCC[C@H](C)[C@H]1C)C[C@@]1(CCCc2cc(Cl)ccc21)CO3. The first-order valence-corrected chi connectivity index (χ1v) is 21.1. The Hall–Kier alpha value is -2.79. The van der Waals surface area contributed by atoms with Crippen LogP contribution in [0.25, 0.3) is 0 Å². The van der Waals surface area contributed by atoms with Crippen molar-refractivity contribution in [2.45, 2.75) is 87.9 Å². The van der Waals surface area contributed by atoms with Crippen LogP contribution in [0, 0.1) is 17.8 Å². The van der Waals surface area contributed by atoms with Gasteiger partial charge in [0.2, 0.25) is 5.91 Å². The summed E-state index contributed by atoms with van der Waals surface area (Å²) in [6.07, 6.45) is 6.77. The number of benzene rings is 2. The second-order valence-electron chi connectivity index (χ2n) is 16.4. The fraction of sp³-hybridized carbons (Fsp3) is 0.625. The van der Waals surface area contributed by atoms with E-state index in [0.29, 0.717) is 63.4 Å². The molecule has 1 spiro atoms. The van der Waals surface area contributed by atoms with Crippen molar-refractivity contribution < 1.29 is 23.6 Å². The maximum Gasteiger partial charge on any atom is 0.262 e. The van der Waals surface area contributed by atoms with Crippen LogP contribution in [-0.4, -0.2) is 101 Å². The van der Waals surface area contributed by atoms with Crippen molar-refractivity contribution >= 4 is 44.7 Å². The average Bonchev–Trinajstić information content (AvgIpc) is 3.22. The molecular formula is C40H55ClN4O5S. The van der Waals surface area contributed by atoms with Gasteiger partial charge in [-0.25, -0.2) is 4.21 Å². The number of hydrogen-bond donors (Lipinski definition) is 2. The molecule has 2 amide bonds. The number of aryl methyl sites for hydroxylation is 1. The van der Waals surface area contributed by atoms with E-state index in [-0.39, 0.29) is 40.7 Å². The van der Waals surface area contributed by atoms with E-state index in [2.05, 4.69) is 39.6 Å². The quantitative estimate of drug-likeness (QED) is 0.404. The molecule has 2 fully saturated rings. The number of fused-ring (bicyclic) bond motifs is 4. The number of carbonyl (C=O) groups excluding carboxylic acids is 2. The molecule has 51 heavy (non-hydrogen) atoms. The monoisotopic (exact) mass is 738 g/mol. The van der Waals surface area contributed by atoms with Gasteiger partial charge in [-0.3, -0.25) is 14.3 Å². The molecule has 7 rings (SSSR count). The first-order chi connectivity index (χ1) is 24.3. The number of hydrogen-bond acceptors (Lipinski definition) is 7. The Morgan fingerprint density at radius 2 is 1.86 bits per heavy atom. The molecule has 2 bridgehead atoms. The topological polar surface area (TPSA) is 102 Å². The van der Waals surface area contributed by atoms with E-state index in [1.165, 1.54) is 11.1 Å². The zero-order valence-electron chi connectivity index (χ0n) is 30.5. The highest BCUT2D eigenvalue weighted by atomic mass is 35.5. The molecule has 1 saturated heterocycles. The van der Waals surface area contributed by atoms with Crippen LogP contribution < -0.4 is 14.4 Å². The van der Waals surface area contributed by atoms with E-state index in [1.807, 2.05) is 36.9 Å². The van der Waals surface area contributed by atoms with Crippen molar-refractivity contribution in [1.29, 1.82) is 0 Å². The molecule has 2 N–H and O–H groups in total. The number of carbonyl (C=O) groups is 2. The highest BCUT2D eigenvalue weighted by Crippen LogP contribution is 2.50. The Kier molecular flexibility index (Phi) is 10.2. The molecular weight excluding hydrogens is 684 g/mol. The number of piperazine rings is 1. The Morgan fingerprint density at radius 1 is 1.08 bits per heavy atom. The van der Waals surface area contributed by atoms with Crippen LogP contribution in [0.1, 0.15) is 86.7 Å². The van der Waals surface area contributed by atoms with Crippen molar-refractivity contribution in [3.05, 3.63) is 58.1 Å². The number of nitrogens with one attached hydrogen (secondary N) is 1. The van der Waals surface area contributed by atoms with E-state index in [0.717, 1.165) is 55.9 Å². The number of halogens is 1. The molecule has 3 aliphatic heterocycles. The molecule has 2 aliphatic carbocycles. The molecule has 1 saturated carbocycles. The van der Waals surface area contributed by atoms with E-state index in [1.54, 1.807) is 6.07 Å². The van der Waals surface area contributed by atoms with Crippen LogP contribution in [0.15, 0.2) is 36.4 Å². The van der Waals surface area contributed by atoms with E-state index in [9.17, 15) is 18.9 Å². The summed E-state index contributed by atoms with van der Waals surface area (Å²) in [5.41, 5.74) is 2.31. The maximum atomic E-state index is 13.9. The summed E-state index contributed by atoms with van der Waals surface area (Å²) in [5, 5.41) is 13.0. The van der Waals surface area contributed by atoms with Gasteiger partial charge >= 0.3 is 0 Å². The van der Waals surface area contributed by atoms with Crippen LogP contribution in [0.3, 0.4) is 0 Å². The van der Waals surface area contributed by atoms with Crippen molar-refractivity contribution in [2.75, 3.05) is 57.8 Å². The van der Waals surface area contributed by atoms with Gasteiger partial charge in [0.1, 0.15) is 5.75 Å². The first kappa shape index (κ1) is 36.6. The normalized spacial score (nSPS) is 34.7. The van der Waals surface area contributed by atoms with E-state index >= 15 is 0 Å². The average molecular weight is 739 g/mol. The lowest BCUT2D eigenvalue weighted by molar-refractivity contribution is -0.147. The third kappa shape index (κ3) is 7.27. The van der Waals surface area contributed by atoms with Gasteiger partial charge in [0.15, 0.2) is 0 Å². The minimum atomic E-state index is -2.99. The first-order valence-electron chi connectivity index (χ1n) is 18.9. The number of nitrogens with zero attached hydrogens (tertiary/aromatic N) is 3. The molecule has 3 heterocycles. The highest BCUT2D eigenvalue weighted by Gasteiger charge is 2.50. The van der Waals surface area contributed by atoms with E-state index in [4.69, 9.17) is 16.3 Å². The van der Waals surface area contributed by atoms with Gasteiger partial charge in [0.05, 0.1) is 34.0 Å². The summed E-state index contributed by atoms with van der Waals surface area (Å²) in [5.74, 6) is 4.46. The summed E-state index contributed by atoms with van der Waals surface area (Å²) < 4.78 is 23.4. The lowest BCUT2D eigenvalue weighted by Gasteiger charge is -2.50. The summed E-state index contributed by atoms with van der Waals surface area (Å²) in [6, 6.07) is 11.7. The van der Waals surface area contributed by atoms with Gasteiger partial charge < -0.3 is 24.5 Å². The maximum absolute atomic E-state index is 13.9. The van der Waals surface area contributed by atoms with Gasteiger partial charge in [-0.1, -0.05) is 31.0 Å². The zero-order chi connectivity index (χ0) is 36.1. The highest BCUT2D eigenvalue weighted by molar-refractivity contribution is 7.99. The van der Waals surface area contributed by atoms with E-state index < -0.39 is 21.2 Å². The number of ether oxygens (including phenoxy) is 1. The summed E-state index contributed by atoms with van der Waals surface area (Å²) >= 11 is 6.48. The van der Waals surface area contributed by atoms with Crippen molar-refractivity contribution in [3.63, 3.8) is 0 Å². The molecule has 2 aromatic rings. The standard InChI is InChI=1S/C40H55ClN4O5S/c1-27-7-5-16-40(48,23-37(46)44-19-17-43(3)18-20-44)34-12-9-31(34)24-45-25-39(15-6-8-29-21-32(41)11-13-33(29)39)26-50-36-14-10-30(22-35(36)45)38(47)42-51(4,49)28(27)2/h10-11,13-14,21-22,27-28,31,34,48H,4-9,12,15-20,23-26H2,1-3H3,(H,42,47,49)/t27-,28+,31-,34+,39-,40-,51?/m0/s1. The number of aliphatic hydroxyl groups is 1. The molecule has 2 aromatic carbocycles. The molecule has 5 aliphatic rings. The Morgan fingerprint density at radius 3 is 2.61 bits per heavy atom. The molecule has 278 valence electrons. The van der Waals surface area contributed by atoms with Crippen molar-refractivity contribution in [3.8, 4) is 5.75 Å². The summed E-state index contributed by atoms with van der Waals surface area (Å²) in [6.45, 7) is 8.80. The van der Waals surface area contributed by atoms with Crippen LogP contribution in [0.4, 0.5) is 5.69 Å². The van der Waals surface area contributed by atoms with Crippen molar-refractivity contribution in [1.82, 2.24) is 14.5 Å². The fourth-order valence-electron chi connectivity index (χ4n) is 9.52. The second-order valence-corrected chi connectivity index (χ2v) is 19.3. The van der Waals surface area contributed by atoms with Gasteiger partial charge in [0, 0.05) is 60.5 Å². The van der Waals surface area contributed by atoms with Gasteiger partial charge in [0.25, 0.3) is 5.91 Å². The van der Waals surface area contributed by atoms with Crippen LogP contribution in [-0.2, 0) is 26.3 Å². The van der Waals surface area contributed by atoms with Gasteiger partial charge in [-0.15, -0.1) is 0 Å². The minimum absolute atomic E-state index is 0.0154. The second kappa shape index (κ2) is 14.2. The van der Waals surface area contributed by atoms with Gasteiger partial charge in [-0.2, -0.15) is 0 Å². The Balaban J connectivity index is 1.27. The lowest BCUT2D eigenvalue weighted by Crippen LogP contribution is -2.55. The Bertz CT molecular complexity index is 1760. The Labute approximate surface area is 309 Å². The smallest absolute Gasteiger partial charge is 0.262 e. The third-order valence-corrected chi connectivity index (χ3v) is 15.5. The lowest BCUT2D eigenvalue weighted by atomic mass is 9.61. The van der Waals surface area contributed by atoms with Gasteiger partial charge in [-0.05, 0) is 124 Å². The number of anilines is 1. The van der Waals surface area contributed by atoms with Crippen LogP contribution >= 0.6 is 11.6 Å². The minimum Gasteiger partial charge on any atom is -0.490 e. The fourth-order valence-corrected chi connectivity index (χ4v) is 11.2. The number of amides is 2. The number of likely N-dealkylation sites (N-methyl/N-ethyl adjacent to an activating group) is 1.